The fourth-order valence-corrected chi connectivity index (χ4v) is 16.3. The van der Waals surface area contributed by atoms with Gasteiger partial charge < -0.3 is 39.2 Å². The van der Waals surface area contributed by atoms with E-state index < -0.39 is 26.3 Å². The highest BCUT2D eigenvalue weighted by Crippen LogP contribution is 2.67. The van der Waals surface area contributed by atoms with Crippen LogP contribution in [0.2, 0.25) is 0 Å². The van der Waals surface area contributed by atoms with Crippen LogP contribution >= 0.6 is 23.3 Å². The summed E-state index contributed by atoms with van der Waals surface area (Å²) in [6.45, 7) is 2.18. The van der Waals surface area contributed by atoms with E-state index in [0.29, 0.717) is 39.1 Å². The fraction of sp³-hybridized carbons (Fsp3) is 0.190. The summed E-state index contributed by atoms with van der Waals surface area (Å²) in [4.78, 5) is 15.9. The van der Waals surface area contributed by atoms with E-state index in [2.05, 4.69) is 56.9 Å². The largest absolute Gasteiger partial charge is 0.478 e. The summed E-state index contributed by atoms with van der Waals surface area (Å²) >= 11 is 0. The van der Waals surface area contributed by atoms with Crippen molar-refractivity contribution in [3.05, 3.63) is 199 Å². The van der Waals surface area contributed by atoms with Crippen LogP contribution in [-0.2, 0) is 9.13 Å². The van der Waals surface area contributed by atoms with Crippen molar-refractivity contribution >= 4 is 39.7 Å². The Bertz CT molecular complexity index is 3400. The van der Waals surface area contributed by atoms with Gasteiger partial charge in [0.2, 0.25) is 5.78 Å². The molecule has 4 aliphatic rings. The molecule has 4 heterocycles. The molecule has 0 N–H and O–H groups in total. The SMILES string of the molecule is O=P1(C2c3ccccc3OCN2CCCCCCCCN2COc3ccccc3C2P2(=O)Oc3ccccc3-c3ccccc32)Oc2ccccc2-c2ccccc21.[C-]#CC#C[P-]C#CC#CC(=O)c1ccccc1. The average Bonchev–Trinajstić information content (AvgIpc) is 3.47. The fourth-order valence-electron chi connectivity index (χ4n) is 10.1. The maximum absolute atomic E-state index is 15.5. The van der Waals surface area contributed by atoms with Gasteiger partial charge in [-0.2, -0.15) is 0 Å². The van der Waals surface area contributed by atoms with Crippen molar-refractivity contribution in [2.24, 2.45) is 0 Å². The van der Waals surface area contributed by atoms with E-state index in [0.717, 1.165) is 107 Å². The molecule has 0 saturated heterocycles. The molecule has 372 valence electrons. The monoisotopic (exact) mass is 1040 g/mol. The van der Waals surface area contributed by atoms with Crippen LogP contribution in [0.5, 0.6) is 23.0 Å². The van der Waals surface area contributed by atoms with Crippen molar-refractivity contribution in [2.75, 3.05) is 26.6 Å². The van der Waals surface area contributed by atoms with E-state index in [1.54, 1.807) is 24.3 Å². The van der Waals surface area contributed by atoms with E-state index in [1.807, 2.05) is 145 Å². The quantitative estimate of drug-likeness (QED) is 0.0296. The van der Waals surface area contributed by atoms with Gasteiger partial charge in [-0.3, -0.25) is 41.2 Å². The Kier molecular flexibility index (Phi) is 16.2. The van der Waals surface area contributed by atoms with Gasteiger partial charge in [0.15, 0.2) is 0 Å². The number of hydrogen-bond acceptors (Lipinski definition) is 9. The molecule has 0 saturated carbocycles. The summed E-state index contributed by atoms with van der Waals surface area (Å²) < 4.78 is 56.6. The van der Waals surface area contributed by atoms with E-state index >= 15 is 9.13 Å². The molecule has 75 heavy (non-hydrogen) atoms. The molecule has 0 fully saturated rings. The van der Waals surface area contributed by atoms with Crippen LogP contribution in [0.25, 0.3) is 22.3 Å². The first kappa shape index (κ1) is 51.0. The number of benzene rings is 7. The number of ether oxygens (including phenoxy) is 2. The molecule has 0 amide bonds. The van der Waals surface area contributed by atoms with Crippen LogP contribution in [0, 0.1) is 47.3 Å². The zero-order chi connectivity index (χ0) is 51.5. The zero-order valence-corrected chi connectivity index (χ0v) is 43.7. The van der Waals surface area contributed by atoms with Crippen LogP contribution in [0.3, 0.4) is 0 Å². The first-order valence-corrected chi connectivity index (χ1v) is 29.3. The maximum Gasteiger partial charge on any atom is 0.299 e. The molecule has 4 atom stereocenters. The number of hydrogen-bond donors (Lipinski definition) is 0. The smallest absolute Gasteiger partial charge is 0.299 e. The highest BCUT2D eigenvalue weighted by Gasteiger charge is 2.50. The highest BCUT2D eigenvalue weighted by atomic mass is 31.2. The summed E-state index contributed by atoms with van der Waals surface area (Å²) in [5.41, 5.74) is 11.4. The molecule has 0 bridgehead atoms. The van der Waals surface area contributed by atoms with Gasteiger partial charge in [-0.05, 0) is 78.1 Å². The second-order valence-electron chi connectivity index (χ2n) is 18.2. The Morgan fingerprint density at radius 2 is 0.907 bits per heavy atom. The maximum atomic E-state index is 15.5. The molecule has 4 aliphatic heterocycles. The Labute approximate surface area is 441 Å². The van der Waals surface area contributed by atoms with Crippen LogP contribution < -0.4 is 29.1 Å². The molecule has 4 unspecified atom stereocenters. The first-order valence-electron chi connectivity index (χ1n) is 25.0. The van der Waals surface area contributed by atoms with Gasteiger partial charge in [-0.25, -0.2) is 0 Å². The summed E-state index contributed by atoms with van der Waals surface area (Å²) in [5.74, 6) is 13.3. The third-order valence-corrected chi connectivity index (χ3v) is 19.5. The molecule has 0 radical (unpaired) electrons. The number of unbranched alkanes of at least 4 members (excludes halogenated alkanes) is 5. The summed E-state index contributed by atoms with van der Waals surface area (Å²) in [6, 6.07) is 56.5. The Morgan fingerprint density at radius 1 is 0.493 bits per heavy atom. The lowest BCUT2D eigenvalue weighted by Crippen LogP contribution is -2.40. The standard InChI is InChI=1S/C48H46N2O6P2.C15H5OP/c51-57(45-29-15-9-21-37(45)35-19-5-13-27-43(35)55-57)47-39-23-7-11-25-41(39)53-33-49(47)31-17-3-1-2-4-18-32-50-34-54-42-26-12-8-24-40(42)48(50)58(52)46-30-16-10-22-38(46)36-20-6-14-28-44(36)56-58;1-2-3-12-17-13-8-7-11-15(16)14-9-5-4-6-10-14/h5-16,19-30,47-48H,1-4,17-18,31-34H2;4-6,9-10H/q;-2. The number of para-hydroxylation sites is 4. The van der Waals surface area contributed by atoms with Crippen molar-refractivity contribution in [2.45, 2.75) is 50.1 Å². The number of fused-ring (bicyclic) bond motifs is 8. The van der Waals surface area contributed by atoms with Crippen molar-refractivity contribution in [1.82, 2.24) is 9.80 Å². The molecule has 12 heteroatoms. The van der Waals surface area contributed by atoms with Gasteiger partial charge in [0.05, 0.1) is 10.6 Å². The number of rotatable bonds is 12. The second-order valence-corrected chi connectivity index (χ2v) is 23.5. The molecule has 7 aromatic carbocycles. The zero-order valence-electron chi connectivity index (χ0n) is 41.1. The third kappa shape index (κ3) is 11.0. The van der Waals surface area contributed by atoms with Crippen molar-refractivity contribution in [1.29, 1.82) is 0 Å². The van der Waals surface area contributed by atoms with Crippen LogP contribution in [0.4, 0.5) is 0 Å². The Balaban J connectivity index is 0.000000323. The minimum Gasteiger partial charge on any atom is -0.478 e. The lowest BCUT2D eigenvalue weighted by molar-refractivity contribution is 0.0813. The molecular formula is C63H51N2O7P3-2. The van der Waals surface area contributed by atoms with Gasteiger partial charge >= 0.3 is 0 Å². The normalized spacial score (nSPS) is 19.5. The van der Waals surface area contributed by atoms with Gasteiger partial charge in [0.1, 0.15) is 48.0 Å². The summed E-state index contributed by atoms with van der Waals surface area (Å²) in [5, 5.41) is 1.53. The van der Waals surface area contributed by atoms with Gasteiger partial charge in [0, 0.05) is 40.9 Å². The Hall–Kier alpha value is -7.54. The van der Waals surface area contributed by atoms with Gasteiger partial charge in [-0.15, -0.1) is 0 Å². The molecule has 9 nitrogen and oxygen atoms in total. The van der Waals surface area contributed by atoms with Gasteiger partial charge in [-0.1, -0.05) is 165 Å². The summed E-state index contributed by atoms with van der Waals surface area (Å²) in [7, 11) is -6.36. The predicted molar refractivity (Wildman–Crippen MR) is 298 cm³/mol. The average molecular weight is 1040 g/mol. The van der Waals surface area contributed by atoms with Crippen molar-refractivity contribution in [3.8, 4) is 86.2 Å². The van der Waals surface area contributed by atoms with E-state index in [4.69, 9.17) is 24.9 Å². The lowest BCUT2D eigenvalue weighted by Gasteiger charge is -2.42. The molecule has 0 aromatic heterocycles. The van der Waals surface area contributed by atoms with Crippen molar-refractivity contribution < 1.29 is 32.4 Å². The van der Waals surface area contributed by atoms with Crippen molar-refractivity contribution in [3.63, 3.8) is 0 Å². The lowest BCUT2D eigenvalue weighted by atomic mass is 10.0. The third-order valence-electron chi connectivity index (χ3n) is 13.5. The van der Waals surface area contributed by atoms with Crippen LogP contribution in [-0.4, -0.2) is 42.1 Å². The predicted octanol–water partition coefficient (Wildman–Crippen LogP) is 13.7. The van der Waals surface area contributed by atoms with Gasteiger partial charge in [0.25, 0.3) is 14.7 Å². The second kappa shape index (κ2) is 23.8. The number of Topliss-reactive ketones (excluding diaryl/α,β-unsaturated/α-hetero) is 1. The van der Waals surface area contributed by atoms with E-state index in [-0.39, 0.29) is 5.78 Å². The van der Waals surface area contributed by atoms with E-state index in [1.165, 1.54) is 0 Å². The molecule has 0 spiro atoms. The van der Waals surface area contributed by atoms with E-state index in [9.17, 15) is 4.79 Å². The minimum atomic E-state index is -3.46. The molecule has 7 aromatic rings. The molecular weight excluding hydrogens is 990 g/mol. The number of carbonyl (C=O) groups excluding carboxylic acids is 1. The highest BCUT2D eigenvalue weighted by molar-refractivity contribution is 7.68. The van der Waals surface area contributed by atoms with Crippen LogP contribution in [0.1, 0.15) is 71.6 Å². The topological polar surface area (TPSA) is 94.6 Å². The number of ketones is 1. The van der Waals surface area contributed by atoms with Crippen LogP contribution in [0.15, 0.2) is 176 Å². The number of carbonyl (C=O) groups is 1. The first-order chi connectivity index (χ1) is 36.9. The molecule has 11 rings (SSSR count). The number of nitrogens with zero attached hydrogens (tertiary/aromatic N) is 2. The summed E-state index contributed by atoms with van der Waals surface area (Å²) in [6.07, 6.45) is 12.6. The molecule has 0 aliphatic carbocycles. The Morgan fingerprint density at radius 3 is 1.41 bits per heavy atom. The minimum absolute atomic E-state index is 0.254.